The van der Waals surface area contributed by atoms with E-state index in [2.05, 4.69) is 10.4 Å². The maximum Gasteiger partial charge on any atom is 0.279 e. The minimum atomic E-state index is -0.401. The highest BCUT2D eigenvalue weighted by Crippen LogP contribution is 2.20. The average molecular weight is 385 g/mol. The topological polar surface area (TPSA) is 84.2 Å². The molecule has 0 fully saturated rings. The van der Waals surface area contributed by atoms with Crippen LogP contribution >= 0.6 is 0 Å². The Morgan fingerprint density at radius 3 is 2.38 bits per heavy atom. The second-order valence-electron chi connectivity index (χ2n) is 6.74. The first-order chi connectivity index (χ1) is 14.0. The summed E-state index contributed by atoms with van der Waals surface area (Å²) in [5.41, 5.74) is 1.22. The molecule has 1 aromatic heterocycles. The standard InChI is InChI=1S/C23H19N3O3/c1-15(16-8-7-11-18(27)14-16)24-22(28)21-19-12-5-6-13-20(19)23(29)26(25-21)17-9-3-2-4-10-17/h2-15,27H,1H3,(H,24,28). The van der Waals surface area contributed by atoms with Crippen LogP contribution in [0.4, 0.5) is 0 Å². The molecule has 6 heteroatoms. The quantitative estimate of drug-likeness (QED) is 0.562. The summed E-state index contributed by atoms with van der Waals surface area (Å²) in [6.07, 6.45) is 0. The van der Waals surface area contributed by atoms with Gasteiger partial charge in [0.15, 0.2) is 5.69 Å². The van der Waals surface area contributed by atoms with E-state index in [1.807, 2.05) is 31.2 Å². The van der Waals surface area contributed by atoms with Gasteiger partial charge in [-0.3, -0.25) is 9.59 Å². The SMILES string of the molecule is CC(NC(=O)c1nn(-c2ccccc2)c(=O)c2ccccc12)c1cccc(O)c1. The van der Waals surface area contributed by atoms with E-state index in [0.717, 1.165) is 5.56 Å². The van der Waals surface area contributed by atoms with Crippen LogP contribution in [0.5, 0.6) is 5.75 Å². The summed E-state index contributed by atoms with van der Waals surface area (Å²) in [5, 5.41) is 17.9. The van der Waals surface area contributed by atoms with E-state index in [0.29, 0.717) is 16.5 Å². The van der Waals surface area contributed by atoms with Crippen molar-refractivity contribution in [2.45, 2.75) is 13.0 Å². The van der Waals surface area contributed by atoms with Crippen molar-refractivity contribution in [3.63, 3.8) is 0 Å². The number of benzene rings is 3. The molecule has 1 heterocycles. The highest BCUT2D eigenvalue weighted by molar-refractivity contribution is 6.05. The summed E-state index contributed by atoms with van der Waals surface area (Å²) in [6.45, 7) is 1.82. The number of aromatic nitrogens is 2. The van der Waals surface area contributed by atoms with E-state index in [1.165, 1.54) is 4.68 Å². The number of hydrogen-bond acceptors (Lipinski definition) is 4. The third-order valence-electron chi connectivity index (χ3n) is 4.74. The van der Waals surface area contributed by atoms with Crippen LogP contribution in [0.1, 0.15) is 29.0 Å². The van der Waals surface area contributed by atoms with E-state index in [9.17, 15) is 14.7 Å². The Balaban J connectivity index is 1.79. The number of carbonyl (C=O) groups excluding carboxylic acids is 1. The molecule has 2 N–H and O–H groups in total. The Morgan fingerprint density at radius 2 is 1.66 bits per heavy atom. The van der Waals surface area contributed by atoms with E-state index in [4.69, 9.17) is 0 Å². The van der Waals surface area contributed by atoms with Crippen molar-refractivity contribution in [3.8, 4) is 11.4 Å². The lowest BCUT2D eigenvalue weighted by Crippen LogP contribution is -2.31. The van der Waals surface area contributed by atoms with Gasteiger partial charge >= 0.3 is 0 Å². The van der Waals surface area contributed by atoms with Gasteiger partial charge in [0.1, 0.15) is 5.75 Å². The molecule has 4 aromatic rings. The fourth-order valence-corrected chi connectivity index (χ4v) is 3.24. The van der Waals surface area contributed by atoms with Gasteiger partial charge in [-0.05, 0) is 42.8 Å². The second kappa shape index (κ2) is 7.59. The number of para-hydroxylation sites is 1. The fraction of sp³-hybridized carbons (Fsp3) is 0.0870. The van der Waals surface area contributed by atoms with E-state index >= 15 is 0 Å². The Morgan fingerprint density at radius 1 is 0.966 bits per heavy atom. The van der Waals surface area contributed by atoms with Gasteiger partial charge in [0.05, 0.1) is 17.1 Å². The van der Waals surface area contributed by atoms with Crippen molar-refractivity contribution in [1.82, 2.24) is 15.1 Å². The van der Waals surface area contributed by atoms with Gasteiger partial charge in [-0.1, -0.05) is 48.5 Å². The molecule has 144 valence electrons. The first-order valence-electron chi connectivity index (χ1n) is 9.22. The second-order valence-corrected chi connectivity index (χ2v) is 6.74. The van der Waals surface area contributed by atoms with Crippen molar-refractivity contribution in [3.05, 3.63) is 100 Å². The largest absolute Gasteiger partial charge is 0.508 e. The minimum Gasteiger partial charge on any atom is -0.508 e. The lowest BCUT2D eigenvalue weighted by molar-refractivity contribution is 0.0935. The van der Waals surface area contributed by atoms with Crippen LogP contribution in [0.25, 0.3) is 16.5 Å². The number of nitrogens with zero attached hydrogens (tertiary/aromatic N) is 2. The molecule has 0 aliphatic rings. The number of hydrogen-bond donors (Lipinski definition) is 2. The number of carbonyl (C=O) groups is 1. The third-order valence-corrected chi connectivity index (χ3v) is 4.74. The van der Waals surface area contributed by atoms with Crippen LogP contribution in [-0.4, -0.2) is 20.8 Å². The van der Waals surface area contributed by atoms with Gasteiger partial charge in [-0.2, -0.15) is 9.78 Å². The van der Waals surface area contributed by atoms with E-state index in [1.54, 1.807) is 54.6 Å². The van der Waals surface area contributed by atoms with Gasteiger partial charge in [-0.25, -0.2) is 0 Å². The first-order valence-corrected chi connectivity index (χ1v) is 9.22. The summed E-state index contributed by atoms with van der Waals surface area (Å²) in [6, 6.07) is 22.3. The smallest absolute Gasteiger partial charge is 0.279 e. The summed E-state index contributed by atoms with van der Waals surface area (Å²) >= 11 is 0. The van der Waals surface area contributed by atoms with Crippen molar-refractivity contribution >= 4 is 16.7 Å². The van der Waals surface area contributed by atoms with E-state index in [-0.39, 0.29) is 23.0 Å². The molecule has 0 saturated heterocycles. The molecule has 0 saturated carbocycles. The Labute approximate surface area is 167 Å². The number of fused-ring (bicyclic) bond motifs is 1. The van der Waals surface area contributed by atoms with Crippen LogP contribution in [0.2, 0.25) is 0 Å². The Kier molecular flexibility index (Phi) is 4.83. The molecule has 6 nitrogen and oxygen atoms in total. The fourth-order valence-electron chi connectivity index (χ4n) is 3.24. The van der Waals surface area contributed by atoms with Crippen LogP contribution in [0.15, 0.2) is 83.7 Å². The van der Waals surface area contributed by atoms with Crippen LogP contribution in [0, 0.1) is 0 Å². The maximum atomic E-state index is 13.1. The number of nitrogens with one attached hydrogen (secondary N) is 1. The molecule has 0 aliphatic heterocycles. The Hall–Kier alpha value is -3.93. The number of rotatable bonds is 4. The highest BCUT2D eigenvalue weighted by atomic mass is 16.3. The summed E-state index contributed by atoms with van der Waals surface area (Å²) in [5.74, 6) is -0.272. The summed E-state index contributed by atoms with van der Waals surface area (Å²) in [4.78, 5) is 26.0. The lowest BCUT2D eigenvalue weighted by atomic mass is 10.1. The van der Waals surface area contributed by atoms with Gasteiger partial charge in [-0.15, -0.1) is 0 Å². The number of phenolic OH excluding ortho intramolecular Hbond substituents is 1. The zero-order valence-electron chi connectivity index (χ0n) is 15.7. The number of phenols is 1. The van der Waals surface area contributed by atoms with Gasteiger partial charge in [0.25, 0.3) is 11.5 Å². The lowest BCUT2D eigenvalue weighted by Gasteiger charge is -2.16. The molecule has 1 unspecified atom stereocenters. The van der Waals surface area contributed by atoms with Gasteiger partial charge in [0, 0.05) is 5.39 Å². The summed E-state index contributed by atoms with van der Waals surface area (Å²) < 4.78 is 1.25. The van der Waals surface area contributed by atoms with E-state index < -0.39 is 5.91 Å². The molecule has 29 heavy (non-hydrogen) atoms. The molecule has 1 amide bonds. The average Bonchev–Trinajstić information content (AvgIpc) is 2.74. The van der Waals surface area contributed by atoms with Crippen LogP contribution < -0.4 is 10.9 Å². The maximum absolute atomic E-state index is 13.1. The molecule has 0 spiro atoms. The minimum absolute atomic E-state index is 0.129. The zero-order valence-corrected chi connectivity index (χ0v) is 15.7. The number of aromatic hydroxyl groups is 1. The summed E-state index contributed by atoms with van der Waals surface area (Å²) in [7, 11) is 0. The monoisotopic (exact) mass is 385 g/mol. The molecule has 0 radical (unpaired) electrons. The molecule has 1 atom stereocenters. The molecule has 0 aliphatic carbocycles. The number of amides is 1. The van der Waals surface area contributed by atoms with Crippen molar-refractivity contribution in [1.29, 1.82) is 0 Å². The van der Waals surface area contributed by atoms with Crippen LogP contribution in [-0.2, 0) is 0 Å². The van der Waals surface area contributed by atoms with Gasteiger partial charge in [0.2, 0.25) is 0 Å². The zero-order chi connectivity index (χ0) is 20.4. The molecular formula is C23H19N3O3. The highest BCUT2D eigenvalue weighted by Gasteiger charge is 2.19. The van der Waals surface area contributed by atoms with Crippen LogP contribution in [0.3, 0.4) is 0 Å². The van der Waals surface area contributed by atoms with Crippen molar-refractivity contribution < 1.29 is 9.90 Å². The first kappa shape index (κ1) is 18.4. The molecule has 4 rings (SSSR count). The molecule has 3 aromatic carbocycles. The third kappa shape index (κ3) is 3.60. The normalized spacial score (nSPS) is 11.9. The molecule has 0 bridgehead atoms. The Bertz CT molecular complexity index is 1250. The van der Waals surface area contributed by atoms with Gasteiger partial charge < -0.3 is 10.4 Å². The predicted molar refractivity (Wildman–Crippen MR) is 111 cm³/mol. The van der Waals surface area contributed by atoms with Crippen molar-refractivity contribution in [2.24, 2.45) is 0 Å². The molecular weight excluding hydrogens is 366 g/mol. The van der Waals surface area contributed by atoms with Crippen molar-refractivity contribution in [2.75, 3.05) is 0 Å². The predicted octanol–water partition coefficient (Wildman–Crippen LogP) is 3.58.